The van der Waals surface area contributed by atoms with Crippen molar-refractivity contribution in [2.75, 3.05) is 6.54 Å². The SMILES string of the molecule is Cc1nn(C)cc1CNCC(N)C(N)=O. The van der Waals surface area contributed by atoms with Crippen LogP contribution >= 0.6 is 0 Å². The predicted octanol–water partition coefficient (Wildman–Crippen LogP) is -1.37. The van der Waals surface area contributed by atoms with E-state index in [2.05, 4.69) is 10.4 Å². The Hall–Kier alpha value is -1.40. The van der Waals surface area contributed by atoms with Gasteiger partial charge < -0.3 is 16.8 Å². The normalized spacial score (nSPS) is 12.7. The molecule has 0 aliphatic carbocycles. The van der Waals surface area contributed by atoms with Gasteiger partial charge >= 0.3 is 0 Å². The first-order chi connectivity index (χ1) is 7.00. The van der Waals surface area contributed by atoms with E-state index in [-0.39, 0.29) is 0 Å². The number of aromatic nitrogens is 2. The van der Waals surface area contributed by atoms with Crippen molar-refractivity contribution in [1.29, 1.82) is 0 Å². The van der Waals surface area contributed by atoms with Crippen LogP contribution < -0.4 is 16.8 Å². The van der Waals surface area contributed by atoms with Crippen LogP contribution in [-0.4, -0.2) is 28.3 Å². The number of nitrogens with one attached hydrogen (secondary N) is 1. The molecule has 0 fully saturated rings. The predicted molar refractivity (Wildman–Crippen MR) is 56.8 cm³/mol. The van der Waals surface area contributed by atoms with Crippen molar-refractivity contribution < 1.29 is 4.79 Å². The lowest BCUT2D eigenvalue weighted by atomic mass is 10.2. The Morgan fingerprint density at radius 2 is 2.40 bits per heavy atom. The summed E-state index contributed by atoms with van der Waals surface area (Å²) in [6, 6.07) is -0.637. The molecule has 0 bridgehead atoms. The Bertz CT molecular complexity index is 346. The summed E-state index contributed by atoms with van der Waals surface area (Å²) >= 11 is 0. The van der Waals surface area contributed by atoms with E-state index in [9.17, 15) is 4.79 Å². The van der Waals surface area contributed by atoms with Crippen LogP contribution in [0.15, 0.2) is 6.20 Å². The van der Waals surface area contributed by atoms with Crippen LogP contribution in [0, 0.1) is 6.92 Å². The van der Waals surface area contributed by atoms with E-state index in [1.54, 1.807) is 4.68 Å². The van der Waals surface area contributed by atoms with Gasteiger partial charge in [0.25, 0.3) is 0 Å². The molecule has 1 rings (SSSR count). The molecule has 5 N–H and O–H groups in total. The zero-order chi connectivity index (χ0) is 11.4. The second-order valence-electron chi connectivity index (χ2n) is 3.55. The molecule has 1 aromatic heterocycles. The number of hydrogen-bond acceptors (Lipinski definition) is 4. The van der Waals surface area contributed by atoms with Crippen molar-refractivity contribution in [2.24, 2.45) is 18.5 Å². The summed E-state index contributed by atoms with van der Waals surface area (Å²) in [4.78, 5) is 10.7. The number of amides is 1. The molecule has 1 atom stereocenters. The number of aryl methyl sites for hydroxylation is 2. The molecule has 0 aliphatic heterocycles. The van der Waals surface area contributed by atoms with Crippen molar-refractivity contribution in [3.8, 4) is 0 Å². The average Bonchev–Trinajstić information content (AvgIpc) is 2.45. The summed E-state index contributed by atoms with van der Waals surface area (Å²) in [7, 11) is 1.87. The zero-order valence-electron chi connectivity index (χ0n) is 9.03. The summed E-state index contributed by atoms with van der Waals surface area (Å²) < 4.78 is 1.75. The first-order valence-electron chi connectivity index (χ1n) is 4.75. The van der Waals surface area contributed by atoms with Gasteiger partial charge in [-0.25, -0.2) is 0 Å². The minimum Gasteiger partial charge on any atom is -0.368 e. The Labute approximate surface area is 88.6 Å². The fourth-order valence-corrected chi connectivity index (χ4v) is 1.29. The largest absolute Gasteiger partial charge is 0.368 e. The highest BCUT2D eigenvalue weighted by molar-refractivity contribution is 5.79. The molecule has 0 aromatic carbocycles. The monoisotopic (exact) mass is 211 g/mol. The van der Waals surface area contributed by atoms with E-state index in [1.807, 2.05) is 20.2 Å². The number of hydrogen-bond donors (Lipinski definition) is 3. The highest BCUT2D eigenvalue weighted by atomic mass is 16.1. The second-order valence-corrected chi connectivity index (χ2v) is 3.55. The lowest BCUT2D eigenvalue weighted by Crippen LogP contribution is -2.44. The maximum atomic E-state index is 10.7. The van der Waals surface area contributed by atoms with Gasteiger partial charge in [0.15, 0.2) is 0 Å². The molecule has 1 unspecified atom stereocenters. The van der Waals surface area contributed by atoms with E-state index in [0.717, 1.165) is 11.3 Å². The van der Waals surface area contributed by atoms with Crippen LogP contribution in [0.25, 0.3) is 0 Å². The van der Waals surface area contributed by atoms with Gasteiger partial charge in [0.05, 0.1) is 11.7 Å². The lowest BCUT2D eigenvalue weighted by molar-refractivity contribution is -0.119. The van der Waals surface area contributed by atoms with E-state index < -0.39 is 11.9 Å². The van der Waals surface area contributed by atoms with Crippen molar-refractivity contribution >= 4 is 5.91 Å². The molecule has 84 valence electrons. The minimum atomic E-state index is -0.637. The Morgan fingerprint density at radius 1 is 1.73 bits per heavy atom. The van der Waals surface area contributed by atoms with Gasteiger partial charge in [-0.05, 0) is 6.92 Å². The standard InChI is InChI=1S/C9H17N5O/c1-6-7(5-14(2)13-6)3-12-4-8(10)9(11)15/h5,8,12H,3-4,10H2,1-2H3,(H2,11,15). The summed E-state index contributed by atoms with van der Waals surface area (Å²) in [5, 5.41) is 7.26. The molecule has 1 aromatic rings. The lowest BCUT2D eigenvalue weighted by Gasteiger charge is -2.08. The molecule has 6 heteroatoms. The maximum absolute atomic E-state index is 10.7. The smallest absolute Gasteiger partial charge is 0.235 e. The quantitative estimate of drug-likeness (QED) is 0.559. The van der Waals surface area contributed by atoms with Crippen molar-refractivity contribution in [3.63, 3.8) is 0 Å². The summed E-state index contributed by atoms with van der Waals surface area (Å²) in [5.74, 6) is -0.495. The summed E-state index contributed by atoms with van der Waals surface area (Å²) in [6.07, 6.45) is 1.93. The van der Waals surface area contributed by atoms with Gasteiger partial charge in [-0.2, -0.15) is 5.10 Å². The second kappa shape index (κ2) is 4.90. The Morgan fingerprint density at radius 3 is 2.87 bits per heavy atom. The van der Waals surface area contributed by atoms with Crippen molar-refractivity contribution in [3.05, 3.63) is 17.5 Å². The van der Waals surface area contributed by atoms with Crippen LogP contribution in [0.5, 0.6) is 0 Å². The molecule has 0 radical (unpaired) electrons. The summed E-state index contributed by atoms with van der Waals surface area (Å²) in [6.45, 7) is 2.95. The third-order valence-electron chi connectivity index (χ3n) is 2.16. The summed E-state index contributed by atoms with van der Waals surface area (Å²) in [5.41, 5.74) is 12.6. The van der Waals surface area contributed by atoms with E-state index in [0.29, 0.717) is 13.1 Å². The Balaban J connectivity index is 2.38. The molecule has 0 aliphatic rings. The zero-order valence-corrected chi connectivity index (χ0v) is 9.03. The topological polar surface area (TPSA) is 99.0 Å². The first-order valence-corrected chi connectivity index (χ1v) is 4.75. The van der Waals surface area contributed by atoms with Gasteiger partial charge in [-0.1, -0.05) is 0 Å². The molecule has 0 saturated carbocycles. The van der Waals surface area contributed by atoms with E-state index in [1.165, 1.54) is 0 Å². The highest BCUT2D eigenvalue weighted by Gasteiger charge is 2.08. The third kappa shape index (κ3) is 3.34. The number of primary amides is 1. The number of carbonyl (C=O) groups excluding carboxylic acids is 1. The van der Waals surface area contributed by atoms with Crippen LogP contribution in [0.3, 0.4) is 0 Å². The van der Waals surface area contributed by atoms with Crippen LogP contribution in [0.4, 0.5) is 0 Å². The highest BCUT2D eigenvalue weighted by Crippen LogP contribution is 2.03. The molecule has 0 saturated heterocycles. The number of nitrogens with zero attached hydrogens (tertiary/aromatic N) is 2. The molecule has 1 heterocycles. The molecule has 0 spiro atoms. The molecule has 6 nitrogen and oxygen atoms in total. The van der Waals surface area contributed by atoms with Gasteiger partial charge in [0, 0.05) is 31.9 Å². The first kappa shape index (κ1) is 11.7. The van der Waals surface area contributed by atoms with E-state index in [4.69, 9.17) is 11.5 Å². The fraction of sp³-hybridized carbons (Fsp3) is 0.556. The number of rotatable bonds is 5. The number of nitrogens with two attached hydrogens (primary N) is 2. The molecular formula is C9H17N5O. The number of carbonyl (C=O) groups is 1. The Kier molecular flexibility index (Phi) is 3.81. The molecular weight excluding hydrogens is 194 g/mol. The fourth-order valence-electron chi connectivity index (χ4n) is 1.29. The molecule has 15 heavy (non-hydrogen) atoms. The van der Waals surface area contributed by atoms with Crippen LogP contribution in [0.1, 0.15) is 11.3 Å². The van der Waals surface area contributed by atoms with Gasteiger partial charge in [0.1, 0.15) is 0 Å². The van der Waals surface area contributed by atoms with Crippen molar-refractivity contribution in [2.45, 2.75) is 19.5 Å². The van der Waals surface area contributed by atoms with Gasteiger partial charge in [-0.15, -0.1) is 0 Å². The van der Waals surface area contributed by atoms with Crippen LogP contribution in [-0.2, 0) is 18.4 Å². The third-order valence-corrected chi connectivity index (χ3v) is 2.16. The van der Waals surface area contributed by atoms with Gasteiger partial charge in [-0.3, -0.25) is 9.48 Å². The minimum absolute atomic E-state index is 0.379. The van der Waals surface area contributed by atoms with E-state index >= 15 is 0 Å². The van der Waals surface area contributed by atoms with Crippen molar-refractivity contribution in [1.82, 2.24) is 15.1 Å². The van der Waals surface area contributed by atoms with Gasteiger partial charge in [0.2, 0.25) is 5.91 Å². The average molecular weight is 211 g/mol. The maximum Gasteiger partial charge on any atom is 0.235 e. The van der Waals surface area contributed by atoms with Crippen LogP contribution in [0.2, 0.25) is 0 Å². The molecule has 1 amide bonds.